The standard InChI is InChI=1S/C9H9N2O2S/c12-8-3-4-11(9(14)10-8)6-7-2-1-5-13-7/h1-2,4-5H,3,6H2,(H,10,12,14). The second-order valence-electron chi connectivity index (χ2n) is 2.95. The molecule has 14 heavy (non-hydrogen) atoms. The molecule has 0 saturated carbocycles. The first kappa shape index (κ1) is 9.21. The van der Waals surface area contributed by atoms with Crippen molar-refractivity contribution in [2.45, 2.75) is 13.0 Å². The van der Waals surface area contributed by atoms with Crippen molar-refractivity contribution in [3.63, 3.8) is 0 Å². The lowest BCUT2D eigenvalue weighted by Crippen LogP contribution is -2.46. The molecule has 1 radical (unpaired) electrons. The maximum atomic E-state index is 10.9. The van der Waals surface area contributed by atoms with Crippen molar-refractivity contribution in [3.8, 4) is 0 Å². The molecule has 0 bridgehead atoms. The third-order valence-electron chi connectivity index (χ3n) is 1.91. The van der Waals surface area contributed by atoms with Gasteiger partial charge in [0.1, 0.15) is 5.76 Å². The zero-order chi connectivity index (χ0) is 9.97. The lowest BCUT2D eigenvalue weighted by atomic mass is 10.3. The molecule has 0 atom stereocenters. The maximum absolute atomic E-state index is 10.9. The highest BCUT2D eigenvalue weighted by atomic mass is 32.1. The van der Waals surface area contributed by atoms with Crippen LogP contribution in [0.15, 0.2) is 22.8 Å². The van der Waals surface area contributed by atoms with E-state index in [0.29, 0.717) is 18.1 Å². The van der Waals surface area contributed by atoms with Crippen LogP contribution >= 0.6 is 12.2 Å². The molecule has 2 rings (SSSR count). The Morgan fingerprint density at radius 1 is 1.64 bits per heavy atom. The van der Waals surface area contributed by atoms with E-state index in [1.807, 2.05) is 12.1 Å². The number of amides is 1. The monoisotopic (exact) mass is 209 g/mol. The summed E-state index contributed by atoms with van der Waals surface area (Å²) in [7, 11) is 0. The van der Waals surface area contributed by atoms with E-state index in [2.05, 4.69) is 5.32 Å². The van der Waals surface area contributed by atoms with E-state index in [1.165, 1.54) is 0 Å². The van der Waals surface area contributed by atoms with Crippen LogP contribution in [0.2, 0.25) is 0 Å². The van der Waals surface area contributed by atoms with Gasteiger partial charge in [-0.3, -0.25) is 4.79 Å². The highest BCUT2D eigenvalue weighted by Gasteiger charge is 2.20. The van der Waals surface area contributed by atoms with Crippen molar-refractivity contribution in [3.05, 3.63) is 30.7 Å². The van der Waals surface area contributed by atoms with Gasteiger partial charge in [0.2, 0.25) is 5.91 Å². The minimum absolute atomic E-state index is 0.0642. The van der Waals surface area contributed by atoms with Crippen molar-refractivity contribution in [1.29, 1.82) is 0 Å². The highest BCUT2D eigenvalue weighted by molar-refractivity contribution is 7.80. The van der Waals surface area contributed by atoms with Crippen molar-refractivity contribution < 1.29 is 9.21 Å². The Bertz CT molecular complexity index is 348. The summed E-state index contributed by atoms with van der Waals surface area (Å²) in [4.78, 5) is 12.7. The van der Waals surface area contributed by atoms with Gasteiger partial charge in [0.15, 0.2) is 5.11 Å². The molecule has 73 valence electrons. The van der Waals surface area contributed by atoms with Gasteiger partial charge in [0.05, 0.1) is 19.4 Å². The Labute approximate surface area is 86.9 Å². The van der Waals surface area contributed by atoms with E-state index in [0.717, 1.165) is 5.76 Å². The van der Waals surface area contributed by atoms with Crippen LogP contribution in [0.4, 0.5) is 0 Å². The third-order valence-corrected chi connectivity index (χ3v) is 2.25. The minimum Gasteiger partial charge on any atom is -0.467 e. The molecule has 1 N–H and O–H groups in total. The van der Waals surface area contributed by atoms with Crippen LogP contribution in [-0.4, -0.2) is 15.9 Å². The largest absolute Gasteiger partial charge is 0.467 e. The summed E-state index contributed by atoms with van der Waals surface area (Å²) in [5.41, 5.74) is 0. The fourth-order valence-electron chi connectivity index (χ4n) is 1.22. The number of furan rings is 1. The second kappa shape index (κ2) is 3.79. The van der Waals surface area contributed by atoms with Crippen LogP contribution in [0, 0.1) is 6.54 Å². The molecule has 1 fully saturated rings. The van der Waals surface area contributed by atoms with E-state index < -0.39 is 0 Å². The molecular formula is C9H9N2O2S. The summed E-state index contributed by atoms with van der Waals surface area (Å²) in [6.07, 6.45) is 1.97. The number of rotatable bonds is 2. The van der Waals surface area contributed by atoms with Gasteiger partial charge in [-0.25, -0.2) is 0 Å². The van der Waals surface area contributed by atoms with Crippen LogP contribution in [0.5, 0.6) is 0 Å². The molecule has 1 saturated heterocycles. The van der Waals surface area contributed by atoms with Gasteiger partial charge in [-0.15, -0.1) is 0 Å². The first-order chi connectivity index (χ1) is 6.75. The smallest absolute Gasteiger partial charge is 0.228 e. The zero-order valence-electron chi connectivity index (χ0n) is 7.40. The van der Waals surface area contributed by atoms with Crippen LogP contribution in [-0.2, 0) is 11.3 Å². The van der Waals surface area contributed by atoms with Crippen LogP contribution in [0.1, 0.15) is 12.2 Å². The molecule has 1 aliphatic heterocycles. The molecule has 0 aromatic carbocycles. The fourth-order valence-corrected chi connectivity index (χ4v) is 1.48. The van der Waals surface area contributed by atoms with Crippen molar-refractivity contribution in [1.82, 2.24) is 10.2 Å². The number of nitrogens with one attached hydrogen (secondary N) is 1. The molecule has 0 unspecified atom stereocenters. The van der Waals surface area contributed by atoms with Crippen LogP contribution in [0.3, 0.4) is 0 Å². The third kappa shape index (κ3) is 1.93. The molecule has 1 aromatic rings. The number of thiocarbonyl (C=S) groups is 1. The summed E-state index contributed by atoms with van der Waals surface area (Å²) >= 11 is 5.00. The molecule has 1 aromatic heterocycles. The molecule has 1 amide bonds. The molecule has 0 aliphatic carbocycles. The molecule has 1 aliphatic rings. The van der Waals surface area contributed by atoms with E-state index in [-0.39, 0.29) is 5.91 Å². The summed E-state index contributed by atoms with van der Waals surface area (Å²) in [6.45, 7) is 2.33. The number of hydrogen-bond acceptors (Lipinski definition) is 3. The Morgan fingerprint density at radius 3 is 3.14 bits per heavy atom. The van der Waals surface area contributed by atoms with Gasteiger partial charge in [0, 0.05) is 6.42 Å². The lowest BCUT2D eigenvalue weighted by Gasteiger charge is -2.27. The Morgan fingerprint density at radius 2 is 2.50 bits per heavy atom. The van der Waals surface area contributed by atoms with Gasteiger partial charge in [-0.05, 0) is 24.4 Å². The first-order valence-corrected chi connectivity index (χ1v) is 4.63. The van der Waals surface area contributed by atoms with Crippen LogP contribution in [0.25, 0.3) is 0 Å². The Kier molecular flexibility index (Phi) is 2.49. The molecular weight excluding hydrogens is 200 g/mol. The molecule has 2 heterocycles. The van der Waals surface area contributed by atoms with E-state index in [4.69, 9.17) is 16.6 Å². The lowest BCUT2D eigenvalue weighted by molar-refractivity contribution is -0.120. The summed E-state index contributed by atoms with van der Waals surface area (Å²) in [5, 5.41) is 3.02. The van der Waals surface area contributed by atoms with Gasteiger partial charge in [-0.1, -0.05) is 0 Å². The zero-order valence-corrected chi connectivity index (χ0v) is 8.21. The average Bonchev–Trinajstić information content (AvgIpc) is 2.62. The van der Waals surface area contributed by atoms with Crippen molar-refractivity contribution in [2.75, 3.05) is 0 Å². The predicted molar refractivity (Wildman–Crippen MR) is 53.9 cm³/mol. The predicted octanol–water partition coefficient (Wildman–Crippen LogP) is 1.05. The average molecular weight is 209 g/mol. The maximum Gasteiger partial charge on any atom is 0.228 e. The number of carbonyl (C=O) groups is 1. The van der Waals surface area contributed by atoms with E-state index in [9.17, 15) is 4.79 Å². The van der Waals surface area contributed by atoms with Gasteiger partial charge in [0.25, 0.3) is 0 Å². The molecule has 5 heteroatoms. The van der Waals surface area contributed by atoms with Gasteiger partial charge in [-0.2, -0.15) is 0 Å². The SMILES string of the molecule is O=C1C[CH]N(Cc2ccco2)C(=S)N1. The van der Waals surface area contributed by atoms with Gasteiger partial charge >= 0.3 is 0 Å². The normalized spacial score (nSPS) is 17.0. The quantitative estimate of drug-likeness (QED) is 0.739. The number of carbonyl (C=O) groups excluding carboxylic acids is 1. The second-order valence-corrected chi connectivity index (χ2v) is 3.33. The Balaban J connectivity index is 1.99. The minimum atomic E-state index is -0.0642. The van der Waals surface area contributed by atoms with Crippen molar-refractivity contribution in [2.24, 2.45) is 0 Å². The summed E-state index contributed by atoms with van der Waals surface area (Å²) in [6, 6.07) is 3.69. The Hall–Kier alpha value is -1.36. The molecule has 0 spiro atoms. The number of nitrogens with zero attached hydrogens (tertiary/aromatic N) is 1. The first-order valence-electron chi connectivity index (χ1n) is 4.22. The topological polar surface area (TPSA) is 45.5 Å². The van der Waals surface area contributed by atoms with E-state index in [1.54, 1.807) is 17.7 Å². The summed E-state index contributed by atoms with van der Waals surface area (Å²) in [5.74, 6) is 0.755. The van der Waals surface area contributed by atoms with Crippen molar-refractivity contribution >= 4 is 23.2 Å². The van der Waals surface area contributed by atoms with Crippen LogP contribution < -0.4 is 5.32 Å². The highest BCUT2D eigenvalue weighted by Crippen LogP contribution is 2.11. The number of hydrogen-bond donors (Lipinski definition) is 1. The fraction of sp³-hybridized carbons (Fsp3) is 0.222. The summed E-state index contributed by atoms with van der Waals surface area (Å²) < 4.78 is 5.18. The van der Waals surface area contributed by atoms with E-state index >= 15 is 0 Å². The molecule has 4 nitrogen and oxygen atoms in total. The van der Waals surface area contributed by atoms with Gasteiger partial charge < -0.3 is 14.6 Å².